The Labute approximate surface area is 191 Å². The molecule has 0 spiro atoms. The fraction of sp³-hybridized carbons (Fsp3) is 0.391. The highest BCUT2D eigenvalue weighted by Gasteiger charge is 2.39. The third kappa shape index (κ3) is 4.70. The average Bonchev–Trinajstić information content (AvgIpc) is 3.51. The molecule has 1 N–H and O–H groups in total. The van der Waals surface area contributed by atoms with Gasteiger partial charge in [-0.25, -0.2) is 8.42 Å². The molecule has 0 atom stereocenters. The number of anilines is 2. The number of carbonyl (C=O) groups is 2. The van der Waals surface area contributed by atoms with Crippen molar-refractivity contribution in [2.75, 3.05) is 22.5 Å². The molecular formula is C23H25BrN2O4S. The van der Waals surface area contributed by atoms with E-state index in [1.165, 1.54) is 0 Å². The van der Waals surface area contributed by atoms with E-state index in [0.29, 0.717) is 28.8 Å². The number of rotatable bonds is 7. The summed E-state index contributed by atoms with van der Waals surface area (Å²) in [4.78, 5) is 27.0. The highest BCUT2D eigenvalue weighted by atomic mass is 79.9. The predicted octanol–water partition coefficient (Wildman–Crippen LogP) is 4.11. The van der Waals surface area contributed by atoms with Gasteiger partial charge in [0, 0.05) is 29.0 Å². The lowest BCUT2D eigenvalue weighted by molar-refractivity contribution is -0.119. The van der Waals surface area contributed by atoms with Crippen molar-refractivity contribution in [2.24, 2.45) is 5.92 Å². The lowest BCUT2D eigenvalue weighted by Crippen LogP contribution is -2.31. The van der Waals surface area contributed by atoms with Crippen molar-refractivity contribution in [1.82, 2.24) is 0 Å². The van der Waals surface area contributed by atoms with Crippen LogP contribution in [0.3, 0.4) is 0 Å². The molecule has 31 heavy (non-hydrogen) atoms. The van der Waals surface area contributed by atoms with Crippen LogP contribution < -0.4 is 10.2 Å². The summed E-state index contributed by atoms with van der Waals surface area (Å²) in [5.74, 6) is -0.649. The van der Waals surface area contributed by atoms with Gasteiger partial charge in [0.05, 0.1) is 16.3 Å². The number of fused-ring (bicyclic) bond motifs is 1. The van der Waals surface area contributed by atoms with E-state index in [0.717, 1.165) is 30.4 Å². The molecular weight excluding hydrogens is 480 g/mol. The summed E-state index contributed by atoms with van der Waals surface area (Å²) >= 11 is 3.40. The minimum atomic E-state index is -3.77. The summed E-state index contributed by atoms with van der Waals surface area (Å²) < 4.78 is 27.1. The van der Waals surface area contributed by atoms with Gasteiger partial charge in [0.25, 0.3) is 0 Å². The molecule has 1 aliphatic carbocycles. The smallest absolute Gasteiger partial charge is 0.230 e. The van der Waals surface area contributed by atoms with Crippen molar-refractivity contribution >= 4 is 49.0 Å². The SMILES string of the molecule is CCc1ccccc1NC(=O)CCS(=O)(=O)c1cc(Br)cc2c1N(C(=O)C1CC1)CC2. The predicted molar refractivity (Wildman–Crippen MR) is 124 cm³/mol. The zero-order valence-corrected chi connectivity index (χ0v) is 19.8. The van der Waals surface area contributed by atoms with Crippen LogP contribution >= 0.6 is 15.9 Å². The first-order chi connectivity index (χ1) is 14.8. The van der Waals surface area contributed by atoms with Crippen LogP contribution in [-0.4, -0.2) is 32.5 Å². The number of hydrogen-bond donors (Lipinski definition) is 1. The number of nitrogens with zero attached hydrogens (tertiary/aromatic N) is 1. The van der Waals surface area contributed by atoms with Crippen LogP contribution in [0.5, 0.6) is 0 Å². The second-order valence-electron chi connectivity index (χ2n) is 8.05. The molecule has 6 nitrogen and oxygen atoms in total. The number of nitrogens with one attached hydrogen (secondary N) is 1. The monoisotopic (exact) mass is 504 g/mol. The second kappa shape index (κ2) is 8.74. The van der Waals surface area contributed by atoms with Crippen molar-refractivity contribution < 1.29 is 18.0 Å². The normalized spacial score (nSPS) is 15.6. The van der Waals surface area contributed by atoms with Crippen molar-refractivity contribution in [3.63, 3.8) is 0 Å². The zero-order chi connectivity index (χ0) is 22.2. The van der Waals surface area contributed by atoms with Crippen LogP contribution in [0.1, 0.15) is 37.3 Å². The molecule has 2 aliphatic rings. The van der Waals surface area contributed by atoms with Gasteiger partial charge in [0.2, 0.25) is 11.8 Å². The first kappa shape index (κ1) is 22.0. The van der Waals surface area contributed by atoms with Crippen LogP contribution in [0.4, 0.5) is 11.4 Å². The Morgan fingerprint density at radius 2 is 1.94 bits per heavy atom. The molecule has 1 heterocycles. The van der Waals surface area contributed by atoms with E-state index in [9.17, 15) is 18.0 Å². The maximum absolute atomic E-state index is 13.2. The average molecular weight is 505 g/mol. The third-order valence-electron chi connectivity index (χ3n) is 5.79. The van der Waals surface area contributed by atoms with Gasteiger partial charge in [-0.15, -0.1) is 0 Å². The molecule has 8 heteroatoms. The number of halogens is 1. The van der Waals surface area contributed by atoms with E-state index in [-0.39, 0.29) is 34.8 Å². The van der Waals surface area contributed by atoms with Crippen LogP contribution in [0.15, 0.2) is 45.8 Å². The van der Waals surface area contributed by atoms with Gasteiger partial charge in [0.1, 0.15) is 0 Å². The Kier molecular flexibility index (Phi) is 6.21. The Morgan fingerprint density at radius 3 is 2.65 bits per heavy atom. The maximum Gasteiger partial charge on any atom is 0.230 e. The largest absolute Gasteiger partial charge is 0.326 e. The quantitative estimate of drug-likeness (QED) is 0.614. The highest BCUT2D eigenvalue weighted by molar-refractivity contribution is 9.10. The van der Waals surface area contributed by atoms with Crippen molar-refractivity contribution in [3.05, 3.63) is 52.0 Å². The van der Waals surface area contributed by atoms with Crippen LogP contribution in [0.2, 0.25) is 0 Å². The van der Waals surface area contributed by atoms with Crippen molar-refractivity contribution in [1.29, 1.82) is 0 Å². The molecule has 1 aliphatic heterocycles. The summed E-state index contributed by atoms with van der Waals surface area (Å²) in [6, 6.07) is 10.9. The Balaban J connectivity index is 1.54. The first-order valence-corrected chi connectivity index (χ1v) is 13.0. The van der Waals surface area contributed by atoms with Gasteiger partial charge >= 0.3 is 0 Å². The third-order valence-corrected chi connectivity index (χ3v) is 7.97. The molecule has 4 rings (SSSR count). The Bertz CT molecular complexity index is 1140. The molecule has 1 saturated carbocycles. The Hall–Kier alpha value is -2.19. The number of amides is 2. The van der Waals surface area contributed by atoms with Crippen LogP contribution in [-0.2, 0) is 32.3 Å². The summed E-state index contributed by atoms with van der Waals surface area (Å²) in [5, 5.41) is 2.82. The lowest BCUT2D eigenvalue weighted by atomic mass is 10.1. The van der Waals surface area contributed by atoms with Crippen LogP contribution in [0.25, 0.3) is 0 Å². The van der Waals surface area contributed by atoms with E-state index < -0.39 is 9.84 Å². The number of benzene rings is 2. The minimum absolute atomic E-state index is 0.00596. The Morgan fingerprint density at radius 1 is 1.19 bits per heavy atom. The van der Waals surface area contributed by atoms with Crippen LogP contribution in [0, 0.1) is 5.92 Å². The van der Waals surface area contributed by atoms with Gasteiger partial charge in [-0.2, -0.15) is 0 Å². The maximum atomic E-state index is 13.2. The topological polar surface area (TPSA) is 83.6 Å². The highest BCUT2D eigenvalue weighted by Crippen LogP contribution is 2.41. The molecule has 0 bridgehead atoms. The van der Waals surface area contributed by atoms with E-state index in [2.05, 4.69) is 21.2 Å². The first-order valence-electron chi connectivity index (χ1n) is 10.5. The molecule has 1 fully saturated rings. The van der Waals surface area contributed by atoms with Gasteiger partial charge in [-0.3, -0.25) is 9.59 Å². The van der Waals surface area contributed by atoms with Crippen molar-refractivity contribution in [2.45, 2.75) is 43.9 Å². The van der Waals surface area contributed by atoms with Gasteiger partial charge < -0.3 is 10.2 Å². The summed E-state index contributed by atoms with van der Waals surface area (Å²) in [6.45, 7) is 2.50. The number of para-hydroxylation sites is 1. The summed E-state index contributed by atoms with van der Waals surface area (Å²) in [6.07, 6.45) is 2.97. The molecule has 0 radical (unpaired) electrons. The molecule has 0 saturated heterocycles. The van der Waals surface area contributed by atoms with Gasteiger partial charge in [0.15, 0.2) is 9.84 Å². The molecule has 2 aromatic rings. The number of aryl methyl sites for hydroxylation is 1. The lowest BCUT2D eigenvalue weighted by Gasteiger charge is -2.21. The zero-order valence-electron chi connectivity index (χ0n) is 17.4. The standard InChI is InChI=1S/C23H25BrN2O4S/c1-2-15-5-3-4-6-19(15)25-21(27)10-12-31(29,30)20-14-18(24)13-17-9-11-26(22(17)20)23(28)16-7-8-16/h3-6,13-14,16H,2,7-12H2,1H3,(H,25,27). The fourth-order valence-electron chi connectivity index (χ4n) is 3.98. The number of carbonyl (C=O) groups excluding carboxylic acids is 2. The molecule has 2 aromatic carbocycles. The van der Waals surface area contributed by atoms with Gasteiger partial charge in [-0.1, -0.05) is 41.1 Å². The number of hydrogen-bond acceptors (Lipinski definition) is 4. The summed E-state index contributed by atoms with van der Waals surface area (Å²) in [7, 11) is -3.77. The minimum Gasteiger partial charge on any atom is -0.326 e. The van der Waals surface area contributed by atoms with E-state index in [4.69, 9.17) is 0 Å². The van der Waals surface area contributed by atoms with E-state index in [1.54, 1.807) is 11.0 Å². The molecule has 0 aromatic heterocycles. The molecule has 164 valence electrons. The number of sulfone groups is 1. The second-order valence-corrected chi connectivity index (χ2v) is 11.0. The van der Waals surface area contributed by atoms with Crippen molar-refractivity contribution in [3.8, 4) is 0 Å². The van der Waals surface area contributed by atoms with E-state index in [1.807, 2.05) is 37.3 Å². The molecule has 2 amide bonds. The summed E-state index contributed by atoms with van der Waals surface area (Å²) in [5.41, 5.74) is 3.05. The fourth-order valence-corrected chi connectivity index (χ4v) is 6.15. The van der Waals surface area contributed by atoms with E-state index >= 15 is 0 Å². The molecule has 0 unspecified atom stereocenters. The van der Waals surface area contributed by atoms with Gasteiger partial charge in [-0.05, 0) is 55.0 Å².